The minimum absolute atomic E-state index is 0.213. The SMILES string of the molecule is Cc1ccc(C(=O)Nc2cc3nn(-c4ccccc4)nc3cc2Cl)cc1C. The maximum absolute atomic E-state index is 12.6. The fourth-order valence-electron chi connectivity index (χ4n) is 2.79. The maximum Gasteiger partial charge on any atom is 0.255 e. The number of hydrogen-bond acceptors (Lipinski definition) is 3. The van der Waals surface area contributed by atoms with E-state index in [2.05, 4.69) is 15.5 Å². The molecule has 134 valence electrons. The smallest absolute Gasteiger partial charge is 0.255 e. The Labute approximate surface area is 161 Å². The van der Waals surface area contributed by atoms with Crippen molar-refractivity contribution in [2.75, 3.05) is 5.32 Å². The molecule has 1 amide bonds. The summed E-state index contributed by atoms with van der Waals surface area (Å²) in [6, 6.07) is 18.7. The lowest BCUT2D eigenvalue weighted by molar-refractivity contribution is 0.102. The highest BCUT2D eigenvalue weighted by Crippen LogP contribution is 2.27. The van der Waals surface area contributed by atoms with E-state index in [1.165, 1.54) is 0 Å². The number of halogens is 1. The zero-order chi connectivity index (χ0) is 19.0. The number of hydrogen-bond donors (Lipinski definition) is 1. The van der Waals surface area contributed by atoms with Crippen LogP contribution in [0.15, 0.2) is 60.7 Å². The Bertz CT molecular complexity index is 1150. The molecule has 4 aromatic rings. The summed E-state index contributed by atoms with van der Waals surface area (Å²) < 4.78 is 0. The lowest BCUT2D eigenvalue weighted by Gasteiger charge is -2.08. The fraction of sp³-hybridized carbons (Fsp3) is 0.0952. The zero-order valence-corrected chi connectivity index (χ0v) is 15.7. The monoisotopic (exact) mass is 376 g/mol. The van der Waals surface area contributed by atoms with Gasteiger partial charge in [0.15, 0.2) is 0 Å². The summed E-state index contributed by atoms with van der Waals surface area (Å²) >= 11 is 6.35. The molecule has 1 aromatic heterocycles. The number of aryl methyl sites for hydroxylation is 2. The van der Waals surface area contributed by atoms with Crippen LogP contribution in [0.4, 0.5) is 5.69 Å². The molecule has 6 heteroatoms. The van der Waals surface area contributed by atoms with Gasteiger partial charge in [-0.1, -0.05) is 35.9 Å². The average Bonchev–Trinajstić information content (AvgIpc) is 3.07. The number of para-hydroxylation sites is 1. The van der Waals surface area contributed by atoms with Crippen molar-refractivity contribution in [1.29, 1.82) is 0 Å². The van der Waals surface area contributed by atoms with E-state index >= 15 is 0 Å². The number of rotatable bonds is 3. The van der Waals surface area contributed by atoms with Crippen LogP contribution in [-0.4, -0.2) is 20.9 Å². The van der Waals surface area contributed by atoms with E-state index in [1.807, 2.05) is 56.3 Å². The van der Waals surface area contributed by atoms with Crippen molar-refractivity contribution in [3.63, 3.8) is 0 Å². The second-order valence-electron chi connectivity index (χ2n) is 6.40. The van der Waals surface area contributed by atoms with Crippen molar-refractivity contribution in [3.8, 4) is 5.69 Å². The molecule has 0 aliphatic carbocycles. The number of nitrogens with zero attached hydrogens (tertiary/aromatic N) is 3. The molecule has 0 radical (unpaired) electrons. The van der Waals surface area contributed by atoms with Gasteiger partial charge in [0.05, 0.1) is 16.4 Å². The van der Waals surface area contributed by atoms with Crippen LogP contribution in [0.5, 0.6) is 0 Å². The van der Waals surface area contributed by atoms with Gasteiger partial charge in [-0.15, -0.1) is 10.2 Å². The molecule has 0 fully saturated rings. The van der Waals surface area contributed by atoms with E-state index in [4.69, 9.17) is 11.6 Å². The standard InChI is InChI=1S/C21H17ClN4O/c1-13-8-9-15(10-14(13)2)21(27)23-18-12-20-19(11-17(18)22)24-26(25-20)16-6-4-3-5-7-16/h3-12H,1-2H3,(H,23,27). The van der Waals surface area contributed by atoms with Crippen LogP contribution in [0.2, 0.25) is 5.02 Å². The lowest BCUT2D eigenvalue weighted by Crippen LogP contribution is -2.12. The van der Waals surface area contributed by atoms with Crippen molar-refractivity contribution in [2.24, 2.45) is 0 Å². The van der Waals surface area contributed by atoms with Crippen molar-refractivity contribution in [2.45, 2.75) is 13.8 Å². The van der Waals surface area contributed by atoms with Gasteiger partial charge in [-0.3, -0.25) is 4.79 Å². The molecule has 0 aliphatic rings. The van der Waals surface area contributed by atoms with Crippen LogP contribution >= 0.6 is 11.6 Å². The summed E-state index contributed by atoms with van der Waals surface area (Å²) in [5.41, 5.74) is 5.46. The topological polar surface area (TPSA) is 59.8 Å². The molecule has 0 aliphatic heterocycles. The Balaban J connectivity index is 1.66. The van der Waals surface area contributed by atoms with Crippen molar-refractivity contribution < 1.29 is 4.79 Å². The van der Waals surface area contributed by atoms with E-state index in [1.54, 1.807) is 23.0 Å². The van der Waals surface area contributed by atoms with E-state index in [-0.39, 0.29) is 5.91 Å². The predicted octanol–water partition coefficient (Wildman–Crippen LogP) is 4.94. The number of amides is 1. The summed E-state index contributed by atoms with van der Waals surface area (Å²) in [5, 5.41) is 12.2. The third-order valence-corrected chi connectivity index (χ3v) is 4.79. The van der Waals surface area contributed by atoms with Crippen LogP contribution in [0.25, 0.3) is 16.7 Å². The molecule has 5 nitrogen and oxygen atoms in total. The molecule has 0 atom stereocenters. The largest absolute Gasteiger partial charge is 0.321 e. The van der Waals surface area contributed by atoms with Crippen molar-refractivity contribution >= 4 is 34.2 Å². The fourth-order valence-corrected chi connectivity index (χ4v) is 2.99. The van der Waals surface area contributed by atoms with Gasteiger partial charge in [0, 0.05) is 5.56 Å². The van der Waals surface area contributed by atoms with Gasteiger partial charge in [-0.05, 0) is 61.4 Å². The molecular formula is C21H17ClN4O. The molecule has 0 saturated heterocycles. The number of carbonyl (C=O) groups is 1. The molecule has 4 rings (SSSR count). The van der Waals surface area contributed by atoms with E-state index in [9.17, 15) is 4.79 Å². The molecule has 0 bridgehead atoms. The van der Waals surface area contributed by atoms with E-state index in [0.717, 1.165) is 16.8 Å². The Morgan fingerprint density at radius 1 is 0.926 bits per heavy atom. The number of carbonyl (C=O) groups excluding carboxylic acids is 1. The molecule has 1 heterocycles. The first-order valence-corrected chi connectivity index (χ1v) is 8.90. The zero-order valence-electron chi connectivity index (χ0n) is 14.9. The van der Waals surface area contributed by atoms with Crippen molar-refractivity contribution in [3.05, 3.63) is 82.4 Å². The summed E-state index contributed by atoms with van der Waals surface area (Å²) in [5.74, 6) is -0.213. The Morgan fingerprint density at radius 2 is 1.63 bits per heavy atom. The first-order chi connectivity index (χ1) is 13.0. The lowest BCUT2D eigenvalue weighted by atomic mass is 10.1. The molecule has 1 N–H and O–H groups in total. The molecule has 27 heavy (non-hydrogen) atoms. The average molecular weight is 377 g/mol. The Hall–Kier alpha value is -3.18. The van der Waals surface area contributed by atoms with Gasteiger partial charge in [0.2, 0.25) is 0 Å². The third kappa shape index (κ3) is 3.41. The number of fused-ring (bicyclic) bond motifs is 1. The minimum Gasteiger partial charge on any atom is -0.321 e. The van der Waals surface area contributed by atoms with Crippen LogP contribution < -0.4 is 5.32 Å². The quantitative estimate of drug-likeness (QED) is 0.550. The van der Waals surface area contributed by atoms with Gasteiger partial charge in [-0.25, -0.2) is 0 Å². The van der Waals surface area contributed by atoms with Gasteiger partial charge in [-0.2, -0.15) is 4.80 Å². The Morgan fingerprint density at radius 3 is 2.33 bits per heavy atom. The highest BCUT2D eigenvalue weighted by atomic mass is 35.5. The van der Waals surface area contributed by atoms with Crippen LogP contribution in [-0.2, 0) is 0 Å². The number of aromatic nitrogens is 3. The highest BCUT2D eigenvalue weighted by Gasteiger charge is 2.13. The Kier molecular flexibility index (Phi) is 4.38. The summed E-state index contributed by atoms with van der Waals surface area (Å²) in [4.78, 5) is 14.1. The molecule has 0 spiro atoms. The summed E-state index contributed by atoms with van der Waals surface area (Å²) in [7, 11) is 0. The first kappa shape index (κ1) is 17.2. The van der Waals surface area contributed by atoms with Gasteiger partial charge in [0.1, 0.15) is 11.0 Å². The summed E-state index contributed by atoms with van der Waals surface area (Å²) in [6.45, 7) is 3.99. The maximum atomic E-state index is 12.6. The van der Waals surface area contributed by atoms with Crippen LogP contribution in [0.1, 0.15) is 21.5 Å². The first-order valence-electron chi connectivity index (χ1n) is 8.52. The molecular weight excluding hydrogens is 360 g/mol. The van der Waals surface area contributed by atoms with E-state index in [0.29, 0.717) is 27.3 Å². The highest BCUT2D eigenvalue weighted by molar-refractivity contribution is 6.34. The minimum atomic E-state index is -0.213. The van der Waals surface area contributed by atoms with Gasteiger partial charge in [0.25, 0.3) is 5.91 Å². The number of nitrogens with one attached hydrogen (secondary N) is 1. The number of anilines is 1. The summed E-state index contributed by atoms with van der Waals surface area (Å²) in [6.07, 6.45) is 0. The van der Waals surface area contributed by atoms with Gasteiger partial charge < -0.3 is 5.32 Å². The second kappa shape index (κ2) is 6.85. The van der Waals surface area contributed by atoms with Crippen LogP contribution in [0.3, 0.4) is 0 Å². The van der Waals surface area contributed by atoms with Crippen molar-refractivity contribution in [1.82, 2.24) is 15.0 Å². The molecule has 0 unspecified atom stereocenters. The molecule has 0 saturated carbocycles. The predicted molar refractivity (Wildman–Crippen MR) is 108 cm³/mol. The van der Waals surface area contributed by atoms with Gasteiger partial charge >= 0.3 is 0 Å². The normalized spacial score (nSPS) is 10.9. The second-order valence-corrected chi connectivity index (χ2v) is 6.81. The van der Waals surface area contributed by atoms with Crippen LogP contribution in [0, 0.1) is 13.8 Å². The molecule has 3 aromatic carbocycles. The number of benzene rings is 3. The van der Waals surface area contributed by atoms with E-state index < -0.39 is 0 Å². The third-order valence-electron chi connectivity index (χ3n) is 4.47.